The van der Waals surface area contributed by atoms with Crippen LogP contribution in [0.15, 0.2) is 29.2 Å². The molecule has 0 heterocycles. The molecule has 4 nitrogen and oxygen atoms in total. The monoisotopic (exact) mass is 314 g/mol. The summed E-state index contributed by atoms with van der Waals surface area (Å²) in [4.78, 5) is 0.531. The van der Waals surface area contributed by atoms with Gasteiger partial charge in [0.25, 0.3) is 0 Å². The minimum Gasteiger partial charge on any atom is -0.389 e. The summed E-state index contributed by atoms with van der Waals surface area (Å²) in [5.41, 5.74) is 6.18. The van der Waals surface area contributed by atoms with E-state index >= 15 is 0 Å². The average Bonchev–Trinajstić information content (AvgIpc) is 2.35. The van der Waals surface area contributed by atoms with Gasteiger partial charge in [0, 0.05) is 18.2 Å². The lowest BCUT2D eigenvalue weighted by molar-refractivity contribution is 0.319. The maximum atomic E-state index is 12.7. The van der Waals surface area contributed by atoms with Gasteiger partial charge in [-0.2, -0.15) is 4.31 Å². The Morgan fingerprint density at radius 3 is 2.05 bits per heavy atom. The Labute approximate surface area is 127 Å². The standard InChI is InChI=1S/C14H22N2O2S2/c1-10(2)9-16(11(3)4)20(17,18)13-7-5-12(6-8-13)14(15)19/h5-8,10-11H,9H2,1-4H3,(H2,15,19). The van der Waals surface area contributed by atoms with Gasteiger partial charge in [-0.05, 0) is 31.9 Å². The van der Waals surface area contributed by atoms with E-state index in [-0.39, 0.29) is 21.8 Å². The molecule has 1 rings (SSSR count). The molecule has 20 heavy (non-hydrogen) atoms. The zero-order valence-corrected chi connectivity index (χ0v) is 14.0. The third-order valence-electron chi connectivity index (χ3n) is 2.87. The van der Waals surface area contributed by atoms with Crippen LogP contribution >= 0.6 is 12.2 Å². The molecule has 1 aromatic carbocycles. The molecule has 0 aromatic heterocycles. The predicted octanol–water partition coefficient (Wildman–Crippen LogP) is 2.38. The minimum absolute atomic E-state index is 0.0855. The molecule has 0 amide bonds. The summed E-state index contributed by atoms with van der Waals surface area (Å²) in [7, 11) is -3.49. The van der Waals surface area contributed by atoms with Crippen LogP contribution in [0.4, 0.5) is 0 Å². The molecule has 0 saturated carbocycles. The first kappa shape index (κ1) is 17.1. The fourth-order valence-corrected chi connectivity index (χ4v) is 3.81. The number of nitrogens with two attached hydrogens (primary N) is 1. The maximum Gasteiger partial charge on any atom is 0.243 e. The molecular weight excluding hydrogens is 292 g/mol. The average molecular weight is 314 g/mol. The topological polar surface area (TPSA) is 63.4 Å². The zero-order valence-electron chi connectivity index (χ0n) is 12.3. The molecule has 112 valence electrons. The first-order chi connectivity index (χ1) is 9.16. The highest BCUT2D eigenvalue weighted by Gasteiger charge is 2.27. The fourth-order valence-electron chi connectivity index (χ4n) is 1.87. The Bertz CT molecular complexity index is 563. The van der Waals surface area contributed by atoms with Crippen LogP contribution in [-0.4, -0.2) is 30.3 Å². The van der Waals surface area contributed by atoms with E-state index < -0.39 is 10.0 Å². The van der Waals surface area contributed by atoms with Crippen molar-refractivity contribution in [1.82, 2.24) is 4.31 Å². The lowest BCUT2D eigenvalue weighted by Crippen LogP contribution is -2.39. The Morgan fingerprint density at radius 1 is 1.20 bits per heavy atom. The van der Waals surface area contributed by atoms with Crippen LogP contribution in [0.5, 0.6) is 0 Å². The van der Waals surface area contributed by atoms with Crippen LogP contribution in [-0.2, 0) is 10.0 Å². The second-order valence-corrected chi connectivity index (χ2v) is 7.78. The highest BCUT2D eigenvalue weighted by Crippen LogP contribution is 2.20. The van der Waals surface area contributed by atoms with Crippen LogP contribution in [0.2, 0.25) is 0 Å². The number of hydrogen-bond donors (Lipinski definition) is 1. The smallest absolute Gasteiger partial charge is 0.243 e. The van der Waals surface area contributed by atoms with Gasteiger partial charge in [0.05, 0.1) is 4.90 Å². The van der Waals surface area contributed by atoms with Crippen LogP contribution in [0.3, 0.4) is 0 Å². The highest BCUT2D eigenvalue weighted by molar-refractivity contribution is 7.89. The summed E-state index contributed by atoms with van der Waals surface area (Å²) >= 11 is 4.87. The van der Waals surface area contributed by atoms with Gasteiger partial charge in [-0.15, -0.1) is 0 Å². The van der Waals surface area contributed by atoms with Crippen molar-refractivity contribution in [1.29, 1.82) is 0 Å². The van der Waals surface area contributed by atoms with Crippen molar-refractivity contribution in [3.8, 4) is 0 Å². The lowest BCUT2D eigenvalue weighted by atomic mass is 10.2. The van der Waals surface area contributed by atoms with E-state index in [1.54, 1.807) is 24.3 Å². The van der Waals surface area contributed by atoms with E-state index in [1.165, 1.54) is 4.31 Å². The summed E-state index contributed by atoms with van der Waals surface area (Å²) in [6, 6.07) is 6.31. The molecule has 0 fully saturated rings. The van der Waals surface area contributed by atoms with Crippen molar-refractivity contribution in [2.75, 3.05) is 6.54 Å². The summed E-state index contributed by atoms with van der Waals surface area (Å²) in [5, 5.41) is 0. The summed E-state index contributed by atoms with van der Waals surface area (Å²) in [6.45, 7) is 8.26. The number of hydrogen-bond acceptors (Lipinski definition) is 3. The number of benzene rings is 1. The van der Waals surface area contributed by atoms with Crippen molar-refractivity contribution in [2.45, 2.75) is 38.6 Å². The molecule has 0 radical (unpaired) electrons. The molecule has 0 spiro atoms. The summed E-state index contributed by atoms with van der Waals surface area (Å²) in [6.07, 6.45) is 0. The maximum absolute atomic E-state index is 12.7. The quantitative estimate of drug-likeness (QED) is 0.819. The van der Waals surface area contributed by atoms with Crippen LogP contribution in [0.1, 0.15) is 33.3 Å². The number of nitrogens with zero attached hydrogens (tertiary/aromatic N) is 1. The molecular formula is C14H22N2O2S2. The Hall–Kier alpha value is -0.980. The Kier molecular flexibility index (Phi) is 5.68. The molecule has 0 aliphatic heterocycles. The molecule has 6 heteroatoms. The van der Waals surface area contributed by atoms with Crippen LogP contribution < -0.4 is 5.73 Å². The lowest BCUT2D eigenvalue weighted by Gasteiger charge is -2.27. The molecule has 1 aromatic rings. The van der Waals surface area contributed by atoms with Crippen molar-refractivity contribution in [3.63, 3.8) is 0 Å². The highest BCUT2D eigenvalue weighted by atomic mass is 32.2. The van der Waals surface area contributed by atoms with Crippen LogP contribution in [0.25, 0.3) is 0 Å². The molecule has 2 N–H and O–H groups in total. The van der Waals surface area contributed by atoms with Gasteiger partial charge in [0.15, 0.2) is 0 Å². The predicted molar refractivity (Wildman–Crippen MR) is 86.2 cm³/mol. The molecule has 0 aliphatic carbocycles. The van der Waals surface area contributed by atoms with E-state index in [0.29, 0.717) is 12.1 Å². The van der Waals surface area contributed by atoms with Crippen molar-refractivity contribution in [3.05, 3.63) is 29.8 Å². The first-order valence-corrected chi connectivity index (χ1v) is 8.42. The zero-order chi connectivity index (χ0) is 15.5. The summed E-state index contributed by atoms with van der Waals surface area (Å²) in [5.74, 6) is 0.267. The van der Waals surface area contributed by atoms with E-state index in [2.05, 4.69) is 0 Å². The van der Waals surface area contributed by atoms with Gasteiger partial charge in [-0.3, -0.25) is 0 Å². The van der Waals surface area contributed by atoms with Gasteiger partial charge < -0.3 is 5.73 Å². The van der Waals surface area contributed by atoms with Gasteiger partial charge in [0.1, 0.15) is 4.99 Å². The van der Waals surface area contributed by atoms with Crippen molar-refractivity contribution in [2.24, 2.45) is 11.7 Å². The molecule has 0 bridgehead atoms. The van der Waals surface area contributed by atoms with E-state index in [1.807, 2.05) is 27.7 Å². The normalized spacial score (nSPS) is 12.3. The molecule has 0 aliphatic rings. The Morgan fingerprint density at radius 2 is 1.70 bits per heavy atom. The van der Waals surface area contributed by atoms with E-state index in [4.69, 9.17) is 18.0 Å². The molecule has 0 unspecified atom stereocenters. The SMILES string of the molecule is CC(C)CN(C(C)C)S(=O)(=O)c1ccc(C(N)=S)cc1. The molecule has 0 saturated heterocycles. The number of rotatable bonds is 6. The summed E-state index contributed by atoms with van der Waals surface area (Å²) < 4.78 is 26.8. The van der Waals surface area contributed by atoms with Crippen molar-refractivity contribution >= 4 is 27.2 Å². The minimum atomic E-state index is -3.49. The van der Waals surface area contributed by atoms with Gasteiger partial charge in [-0.1, -0.05) is 38.2 Å². The fraction of sp³-hybridized carbons (Fsp3) is 0.500. The second-order valence-electron chi connectivity index (χ2n) is 5.45. The van der Waals surface area contributed by atoms with Crippen LogP contribution in [0, 0.1) is 5.92 Å². The molecule has 0 atom stereocenters. The third-order valence-corrected chi connectivity index (χ3v) is 5.16. The van der Waals surface area contributed by atoms with E-state index in [0.717, 1.165) is 0 Å². The van der Waals surface area contributed by atoms with Gasteiger partial charge in [-0.25, -0.2) is 8.42 Å². The number of thiocarbonyl (C=S) groups is 1. The third kappa shape index (κ3) is 4.01. The van der Waals surface area contributed by atoms with Gasteiger partial charge in [0.2, 0.25) is 10.0 Å². The van der Waals surface area contributed by atoms with Gasteiger partial charge >= 0.3 is 0 Å². The largest absolute Gasteiger partial charge is 0.389 e. The first-order valence-electron chi connectivity index (χ1n) is 6.58. The van der Waals surface area contributed by atoms with Crippen molar-refractivity contribution < 1.29 is 8.42 Å². The second kappa shape index (κ2) is 6.65. The van der Waals surface area contributed by atoms with E-state index in [9.17, 15) is 8.42 Å². The Balaban J connectivity index is 3.16. The number of sulfonamides is 1.